The molecule has 1 aromatic heterocycles. The van der Waals surface area contributed by atoms with Crippen LogP contribution in [0.3, 0.4) is 0 Å². The van der Waals surface area contributed by atoms with E-state index in [2.05, 4.69) is 26.1 Å². The average Bonchev–Trinajstić information content (AvgIpc) is 2.84. The van der Waals surface area contributed by atoms with E-state index in [0.717, 1.165) is 48.8 Å². The summed E-state index contributed by atoms with van der Waals surface area (Å²) in [5.74, 6) is 3.67. The number of rotatable bonds is 5. The van der Waals surface area contributed by atoms with Crippen molar-refractivity contribution >= 4 is 29.1 Å². The van der Waals surface area contributed by atoms with Gasteiger partial charge in [-0.05, 0) is 25.0 Å². The number of unbranched alkanes of at least 4 members (excludes halogenated alkanes) is 1. The molecule has 0 saturated heterocycles. The lowest BCUT2D eigenvalue weighted by Gasteiger charge is -2.12. The van der Waals surface area contributed by atoms with E-state index in [0.29, 0.717) is 0 Å². The van der Waals surface area contributed by atoms with E-state index >= 15 is 0 Å². The average molecular weight is 265 g/mol. The third kappa shape index (κ3) is 3.56. The monoisotopic (exact) mass is 265 g/mol. The summed E-state index contributed by atoms with van der Waals surface area (Å²) in [6.45, 7) is 1.97. The van der Waals surface area contributed by atoms with Gasteiger partial charge in [-0.2, -0.15) is 8.75 Å². The molecule has 0 aliphatic carbocycles. The van der Waals surface area contributed by atoms with Crippen molar-refractivity contribution < 1.29 is 0 Å². The number of nitrogens with one attached hydrogen (secondary N) is 1. The van der Waals surface area contributed by atoms with Gasteiger partial charge in [-0.3, -0.25) is 0 Å². The SMILES string of the molecule is C#CCCCSc1nsnc1C1=CCCNC1. The highest BCUT2D eigenvalue weighted by Gasteiger charge is 2.14. The van der Waals surface area contributed by atoms with E-state index in [1.165, 1.54) is 17.3 Å². The zero-order valence-electron chi connectivity index (χ0n) is 9.61. The van der Waals surface area contributed by atoms with E-state index in [-0.39, 0.29) is 0 Å². The van der Waals surface area contributed by atoms with Crippen LogP contribution in [0.1, 0.15) is 25.0 Å². The molecule has 0 saturated carbocycles. The molecule has 3 nitrogen and oxygen atoms in total. The van der Waals surface area contributed by atoms with Crippen molar-refractivity contribution in [2.24, 2.45) is 0 Å². The van der Waals surface area contributed by atoms with Gasteiger partial charge in [0, 0.05) is 18.7 Å². The van der Waals surface area contributed by atoms with Crippen molar-refractivity contribution in [2.45, 2.75) is 24.3 Å². The zero-order chi connectivity index (χ0) is 11.9. The molecular weight excluding hydrogens is 250 g/mol. The van der Waals surface area contributed by atoms with Crippen molar-refractivity contribution in [2.75, 3.05) is 18.8 Å². The van der Waals surface area contributed by atoms with Crippen LogP contribution in [-0.4, -0.2) is 27.6 Å². The van der Waals surface area contributed by atoms with Gasteiger partial charge in [0.25, 0.3) is 0 Å². The van der Waals surface area contributed by atoms with Crippen molar-refractivity contribution in [1.29, 1.82) is 0 Å². The van der Waals surface area contributed by atoms with Crippen molar-refractivity contribution in [3.05, 3.63) is 11.8 Å². The third-order valence-electron chi connectivity index (χ3n) is 2.49. The predicted octanol–water partition coefficient (Wildman–Crippen LogP) is 2.42. The molecule has 0 aromatic carbocycles. The summed E-state index contributed by atoms with van der Waals surface area (Å²) >= 11 is 3.05. The van der Waals surface area contributed by atoms with Gasteiger partial charge in [0.1, 0.15) is 10.7 Å². The second-order valence-corrected chi connectivity index (χ2v) is 5.38. The first-order chi connectivity index (χ1) is 8.42. The summed E-state index contributed by atoms with van der Waals surface area (Å²) in [6.07, 6.45) is 10.4. The summed E-state index contributed by atoms with van der Waals surface area (Å²) in [5, 5.41) is 4.42. The molecule has 0 unspecified atom stereocenters. The molecule has 0 spiro atoms. The number of hydrogen-bond donors (Lipinski definition) is 1. The van der Waals surface area contributed by atoms with E-state index in [9.17, 15) is 0 Å². The first kappa shape index (κ1) is 12.6. The highest BCUT2D eigenvalue weighted by molar-refractivity contribution is 7.99. The van der Waals surface area contributed by atoms with Gasteiger partial charge in [0.05, 0.1) is 11.7 Å². The molecule has 1 aliphatic rings. The molecule has 0 radical (unpaired) electrons. The second kappa shape index (κ2) is 6.80. The lowest BCUT2D eigenvalue weighted by molar-refractivity contribution is 0.736. The first-order valence-corrected chi connectivity index (χ1v) is 7.42. The van der Waals surface area contributed by atoms with Crippen LogP contribution in [-0.2, 0) is 0 Å². The van der Waals surface area contributed by atoms with E-state index < -0.39 is 0 Å². The Morgan fingerprint density at radius 3 is 3.24 bits per heavy atom. The van der Waals surface area contributed by atoms with E-state index in [4.69, 9.17) is 6.42 Å². The Labute approximate surface area is 110 Å². The molecule has 0 fully saturated rings. The van der Waals surface area contributed by atoms with Crippen LogP contribution in [0.5, 0.6) is 0 Å². The van der Waals surface area contributed by atoms with Gasteiger partial charge >= 0.3 is 0 Å². The van der Waals surface area contributed by atoms with Gasteiger partial charge in [-0.1, -0.05) is 6.08 Å². The van der Waals surface area contributed by atoms with Crippen LogP contribution < -0.4 is 5.32 Å². The molecule has 0 bridgehead atoms. The lowest BCUT2D eigenvalue weighted by atomic mass is 10.1. The van der Waals surface area contributed by atoms with Gasteiger partial charge < -0.3 is 5.32 Å². The quantitative estimate of drug-likeness (QED) is 0.504. The summed E-state index contributed by atoms with van der Waals surface area (Å²) in [7, 11) is 0. The second-order valence-electron chi connectivity index (χ2n) is 3.77. The molecule has 5 heteroatoms. The minimum absolute atomic E-state index is 0.837. The Morgan fingerprint density at radius 1 is 1.53 bits per heavy atom. The molecule has 90 valence electrons. The molecule has 2 heterocycles. The van der Waals surface area contributed by atoms with Crippen LogP contribution in [0, 0.1) is 12.3 Å². The van der Waals surface area contributed by atoms with Gasteiger partial charge in [0.2, 0.25) is 0 Å². The van der Waals surface area contributed by atoms with Crippen LogP contribution >= 0.6 is 23.5 Å². The van der Waals surface area contributed by atoms with Crippen molar-refractivity contribution in [3.8, 4) is 12.3 Å². The number of hydrogen-bond acceptors (Lipinski definition) is 5. The maximum atomic E-state index is 5.23. The summed E-state index contributed by atoms with van der Waals surface area (Å²) in [5.41, 5.74) is 2.34. The minimum Gasteiger partial charge on any atom is -0.312 e. The summed E-state index contributed by atoms with van der Waals surface area (Å²) in [6, 6.07) is 0. The Bertz CT molecular complexity index is 431. The van der Waals surface area contributed by atoms with E-state index in [1.54, 1.807) is 11.8 Å². The predicted molar refractivity (Wildman–Crippen MR) is 74.2 cm³/mol. The zero-order valence-corrected chi connectivity index (χ0v) is 11.2. The van der Waals surface area contributed by atoms with Crippen LogP contribution in [0.15, 0.2) is 11.1 Å². The number of nitrogens with zero attached hydrogens (tertiary/aromatic N) is 2. The highest BCUT2D eigenvalue weighted by atomic mass is 32.2. The standard InChI is InChI=1S/C12H15N3S2/c1-2-3-4-8-16-12-11(14-17-15-12)10-6-5-7-13-9-10/h1,6,13H,3-5,7-9H2. The maximum absolute atomic E-state index is 5.23. The fourth-order valence-corrected chi connectivity index (χ4v) is 3.29. The van der Waals surface area contributed by atoms with Crippen molar-refractivity contribution in [3.63, 3.8) is 0 Å². The van der Waals surface area contributed by atoms with Gasteiger partial charge in [-0.25, -0.2) is 0 Å². The topological polar surface area (TPSA) is 37.8 Å². The Hall–Kier alpha value is -0.830. The minimum atomic E-state index is 0.837. The summed E-state index contributed by atoms with van der Waals surface area (Å²) < 4.78 is 8.76. The first-order valence-electron chi connectivity index (χ1n) is 5.70. The lowest BCUT2D eigenvalue weighted by Crippen LogP contribution is -2.21. The molecule has 0 atom stereocenters. The smallest absolute Gasteiger partial charge is 0.138 e. The summed E-state index contributed by atoms with van der Waals surface area (Å²) in [4.78, 5) is 0. The number of thioether (sulfide) groups is 1. The van der Waals surface area contributed by atoms with Gasteiger partial charge in [-0.15, -0.1) is 24.1 Å². The van der Waals surface area contributed by atoms with E-state index in [1.807, 2.05) is 0 Å². The van der Waals surface area contributed by atoms with Crippen molar-refractivity contribution in [1.82, 2.24) is 14.1 Å². The molecule has 2 rings (SSSR count). The molecular formula is C12H15N3S2. The normalized spacial score (nSPS) is 15.4. The maximum Gasteiger partial charge on any atom is 0.138 e. The third-order valence-corrected chi connectivity index (χ3v) is 4.19. The van der Waals surface area contributed by atoms with Crippen LogP contribution in [0.25, 0.3) is 5.57 Å². The molecule has 1 N–H and O–H groups in total. The largest absolute Gasteiger partial charge is 0.312 e. The number of terminal acetylenes is 1. The fraction of sp³-hybridized carbons (Fsp3) is 0.500. The fourth-order valence-electron chi connectivity index (χ4n) is 1.64. The van der Waals surface area contributed by atoms with Crippen LogP contribution in [0.4, 0.5) is 0 Å². The molecule has 1 aliphatic heterocycles. The Kier molecular flexibility index (Phi) is 5.05. The molecule has 1 aromatic rings. The number of aromatic nitrogens is 2. The van der Waals surface area contributed by atoms with Crippen LogP contribution in [0.2, 0.25) is 0 Å². The molecule has 0 amide bonds. The highest BCUT2D eigenvalue weighted by Crippen LogP contribution is 2.27. The Balaban J connectivity index is 1.96. The Morgan fingerprint density at radius 2 is 2.47 bits per heavy atom. The molecule has 17 heavy (non-hydrogen) atoms. The van der Waals surface area contributed by atoms with Gasteiger partial charge in [0.15, 0.2) is 0 Å².